The first-order chi connectivity index (χ1) is 5.25. The molecule has 74 valence electrons. The fourth-order valence-electron chi connectivity index (χ4n) is 2.17. The second-order valence-corrected chi connectivity index (χ2v) is 3.81. The quantitative estimate of drug-likeness (QED) is 0.735. The highest BCUT2D eigenvalue weighted by molar-refractivity contribution is 5.85. The molecule has 2 N–H and O–H groups in total. The second-order valence-electron chi connectivity index (χ2n) is 3.81. The van der Waals surface area contributed by atoms with E-state index in [-0.39, 0.29) is 12.4 Å². The fourth-order valence-corrected chi connectivity index (χ4v) is 2.17. The van der Waals surface area contributed by atoms with Crippen LogP contribution < -0.4 is 5.73 Å². The molecule has 3 heteroatoms. The highest BCUT2D eigenvalue weighted by atomic mass is 35.5. The molecule has 0 saturated heterocycles. The van der Waals surface area contributed by atoms with Crippen LogP contribution in [0.2, 0.25) is 0 Å². The summed E-state index contributed by atoms with van der Waals surface area (Å²) in [6.45, 7) is 0.817. The highest BCUT2D eigenvalue weighted by Gasteiger charge is 2.24. The summed E-state index contributed by atoms with van der Waals surface area (Å²) < 4.78 is 0. The van der Waals surface area contributed by atoms with Crippen LogP contribution in [0, 0.1) is 5.92 Å². The zero-order valence-corrected chi connectivity index (χ0v) is 8.94. The Bertz CT molecular complexity index is 111. The first-order valence-electron chi connectivity index (χ1n) is 4.62. The first-order valence-corrected chi connectivity index (χ1v) is 4.62. The van der Waals surface area contributed by atoms with E-state index in [1.54, 1.807) is 0 Å². The highest BCUT2D eigenvalue weighted by Crippen LogP contribution is 2.28. The summed E-state index contributed by atoms with van der Waals surface area (Å²) in [7, 11) is 4.27. The van der Waals surface area contributed by atoms with E-state index in [0.717, 1.165) is 12.5 Å². The van der Waals surface area contributed by atoms with E-state index in [4.69, 9.17) is 5.73 Å². The van der Waals surface area contributed by atoms with Crippen molar-refractivity contribution >= 4 is 12.4 Å². The molecule has 0 amide bonds. The minimum absolute atomic E-state index is 0. The van der Waals surface area contributed by atoms with Crippen molar-refractivity contribution in [2.45, 2.75) is 31.7 Å². The molecule has 0 bridgehead atoms. The predicted octanol–water partition coefficient (Wildman–Crippen LogP) is 1.49. The Morgan fingerprint density at radius 2 is 1.83 bits per heavy atom. The molecule has 0 radical (unpaired) electrons. The van der Waals surface area contributed by atoms with Crippen LogP contribution >= 0.6 is 12.4 Å². The monoisotopic (exact) mass is 192 g/mol. The molecule has 0 spiro atoms. The van der Waals surface area contributed by atoms with Crippen LogP contribution in [-0.2, 0) is 0 Å². The molecule has 1 fully saturated rings. The summed E-state index contributed by atoms with van der Waals surface area (Å²) >= 11 is 0. The van der Waals surface area contributed by atoms with Crippen LogP contribution in [0.3, 0.4) is 0 Å². The minimum Gasteiger partial charge on any atom is -0.329 e. The van der Waals surface area contributed by atoms with Crippen molar-refractivity contribution in [2.24, 2.45) is 11.7 Å². The third-order valence-corrected chi connectivity index (χ3v) is 2.85. The third kappa shape index (κ3) is 2.92. The van der Waals surface area contributed by atoms with Crippen molar-refractivity contribution in [3.05, 3.63) is 0 Å². The lowest BCUT2D eigenvalue weighted by Crippen LogP contribution is -2.40. The van der Waals surface area contributed by atoms with Crippen molar-refractivity contribution < 1.29 is 0 Å². The lowest BCUT2D eigenvalue weighted by atomic mass is 9.97. The van der Waals surface area contributed by atoms with Crippen molar-refractivity contribution in [1.82, 2.24) is 4.90 Å². The topological polar surface area (TPSA) is 29.3 Å². The van der Waals surface area contributed by atoms with Gasteiger partial charge in [-0.15, -0.1) is 12.4 Å². The lowest BCUT2D eigenvalue weighted by Gasteiger charge is -2.28. The van der Waals surface area contributed by atoms with Gasteiger partial charge in [-0.05, 0) is 32.9 Å². The number of hydrogen-bond acceptors (Lipinski definition) is 2. The van der Waals surface area contributed by atoms with Crippen molar-refractivity contribution in [3.63, 3.8) is 0 Å². The van der Waals surface area contributed by atoms with Gasteiger partial charge in [0.05, 0.1) is 0 Å². The summed E-state index contributed by atoms with van der Waals surface area (Å²) in [6.07, 6.45) is 5.60. The number of halogens is 1. The Labute approximate surface area is 81.9 Å². The number of nitrogens with zero attached hydrogens (tertiary/aromatic N) is 1. The van der Waals surface area contributed by atoms with Crippen molar-refractivity contribution in [3.8, 4) is 0 Å². The Kier molecular flexibility index (Phi) is 5.89. The number of likely N-dealkylation sites (N-methyl/N-ethyl adjacent to an activating group) is 1. The van der Waals surface area contributed by atoms with Crippen LogP contribution in [0.5, 0.6) is 0 Å². The zero-order valence-electron chi connectivity index (χ0n) is 8.12. The normalized spacial score (nSPS) is 21.0. The maximum absolute atomic E-state index is 5.71. The Morgan fingerprint density at radius 3 is 2.17 bits per heavy atom. The molecule has 1 unspecified atom stereocenters. The summed E-state index contributed by atoms with van der Waals surface area (Å²) in [5.41, 5.74) is 5.71. The number of nitrogens with two attached hydrogens (primary N) is 1. The Morgan fingerprint density at radius 1 is 1.33 bits per heavy atom. The smallest absolute Gasteiger partial charge is 0.0240 e. The van der Waals surface area contributed by atoms with Gasteiger partial charge in [-0.2, -0.15) is 0 Å². The molecule has 1 rings (SSSR count). The molecule has 0 aliphatic heterocycles. The summed E-state index contributed by atoms with van der Waals surface area (Å²) in [5.74, 6) is 0.870. The SMILES string of the molecule is CN(C)C(CN)C1CCCC1.Cl. The van der Waals surface area contributed by atoms with Crippen LogP contribution in [0.1, 0.15) is 25.7 Å². The van der Waals surface area contributed by atoms with E-state index in [9.17, 15) is 0 Å². The summed E-state index contributed by atoms with van der Waals surface area (Å²) in [5, 5.41) is 0. The molecule has 1 atom stereocenters. The van der Waals surface area contributed by atoms with Gasteiger partial charge < -0.3 is 10.6 Å². The van der Waals surface area contributed by atoms with Gasteiger partial charge in [0.15, 0.2) is 0 Å². The van der Waals surface area contributed by atoms with E-state index < -0.39 is 0 Å². The Balaban J connectivity index is 0.00000121. The molecular formula is C9H21ClN2. The molecule has 12 heavy (non-hydrogen) atoms. The van der Waals surface area contributed by atoms with Crippen LogP contribution in [0.25, 0.3) is 0 Å². The first kappa shape index (κ1) is 12.2. The molecule has 2 nitrogen and oxygen atoms in total. The van der Waals surface area contributed by atoms with Gasteiger partial charge in [0.1, 0.15) is 0 Å². The van der Waals surface area contributed by atoms with E-state index in [2.05, 4.69) is 19.0 Å². The summed E-state index contributed by atoms with van der Waals surface area (Å²) in [6, 6.07) is 0.623. The molecule has 1 aliphatic carbocycles. The molecule has 0 aromatic rings. The summed E-state index contributed by atoms with van der Waals surface area (Å²) in [4.78, 5) is 2.27. The number of rotatable bonds is 3. The fraction of sp³-hybridized carbons (Fsp3) is 1.00. The van der Waals surface area contributed by atoms with Crippen molar-refractivity contribution in [1.29, 1.82) is 0 Å². The van der Waals surface area contributed by atoms with Gasteiger partial charge in [0.25, 0.3) is 0 Å². The van der Waals surface area contributed by atoms with Gasteiger partial charge in [-0.25, -0.2) is 0 Å². The standard InChI is InChI=1S/C9H20N2.ClH/c1-11(2)9(7-10)8-5-3-4-6-8;/h8-9H,3-7,10H2,1-2H3;1H. The van der Waals surface area contributed by atoms with Gasteiger partial charge in [0.2, 0.25) is 0 Å². The molecule has 0 aromatic carbocycles. The number of hydrogen-bond donors (Lipinski definition) is 1. The molecule has 0 heterocycles. The maximum atomic E-state index is 5.71. The Hall–Kier alpha value is 0.210. The van der Waals surface area contributed by atoms with Gasteiger partial charge in [-0.1, -0.05) is 12.8 Å². The second kappa shape index (κ2) is 5.79. The van der Waals surface area contributed by atoms with Gasteiger partial charge >= 0.3 is 0 Å². The molecule has 1 aliphatic rings. The van der Waals surface area contributed by atoms with Gasteiger partial charge in [-0.3, -0.25) is 0 Å². The van der Waals surface area contributed by atoms with Gasteiger partial charge in [0, 0.05) is 12.6 Å². The predicted molar refractivity (Wildman–Crippen MR) is 55.7 cm³/mol. The molecule has 0 aromatic heterocycles. The van der Waals surface area contributed by atoms with Crippen molar-refractivity contribution in [2.75, 3.05) is 20.6 Å². The molecule has 1 saturated carbocycles. The average Bonchev–Trinajstić information content (AvgIpc) is 2.40. The van der Waals surface area contributed by atoms with Crippen LogP contribution in [0.15, 0.2) is 0 Å². The van der Waals surface area contributed by atoms with E-state index in [1.807, 2.05) is 0 Å². The minimum atomic E-state index is 0. The van der Waals surface area contributed by atoms with E-state index in [1.165, 1.54) is 25.7 Å². The van der Waals surface area contributed by atoms with Crippen LogP contribution in [-0.4, -0.2) is 31.6 Å². The maximum Gasteiger partial charge on any atom is 0.0240 e. The molecular weight excluding hydrogens is 172 g/mol. The average molecular weight is 193 g/mol. The largest absolute Gasteiger partial charge is 0.329 e. The lowest BCUT2D eigenvalue weighted by molar-refractivity contribution is 0.217. The van der Waals surface area contributed by atoms with Crippen LogP contribution in [0.4, 0.5) is 0 Å². The van der Waals surface area contributed by atoms with E-state index >= 15 is 0 Å². The van der Waals surface area contributed by atoms with E-state index in [0.29, 0.717) is 6.04 Å². The third-order valence-electron chi connectivity index (χ3n) is 2.85. The zero-order chi connectivity index (χ0) is 8.27.